The van der Waals surface area contributed by atoms with Gasteiger partial charge in [-0.3, -0.25) is 30.3 Å². The number of nitro groups is 3. The summed E-state index contributed by atoms with van der Waals surface area (Å²) in [5, 5.41) is 36.7. The predicted molar refractivity (Wildman–Crippen MR) is 118 cm³/mol. The molecule has 0 aliphatic rings. The molecule has 228 valence electrons. The van der Waals surface area contributed by atoms with Crippen LogP contribution in [0.2, 0.25) is 0 Å². The van der Waals surface area contributed by atoms with Gasteiger partial charge in [0.15, 0.2) is 0 Å². The minimum Gasteiger partial charge on any atom is -0.463 e. The maximum Gasteiger partial charge on any atom is 0.468 e. The van der Waals surface area contributed by atoms with Crippen LogP contribution < -0.4 is 0 Å². The number of carbonyl (C=O) groups is 6. The summed E-state index contributed by atoms with van der Waals surface area (Å²) in [7, 11) is 2.92. The summed E-state index contributed by atoms with van der Waals surface area (Å²) in [4.78, 5) is 117. The molecule has 0 aliphatic heterocycles. The average molecular weight is 606 g/mol. The molecule has 24 nitrogen and oxygen atoms in total. The van der Waals surface area contributed by atoms with Crippen molar-refractivity contribution in [3.8, 4) is 0 Å². The minimum absolute atomic E-state index is 0.487. The quantitative estimate of drug-likeness (QED) is 0.0726. The zero-order chi connectivity index (χ0) is 32.8. The Labute approximate surface area is 230 Å². The van der Waals surface area contributed by atoms with Crippen LogP contribution in [0.1, 0.15) is 17.5 Å². The molecule has 0 fully saturated rings. The third-order valence-electron chi connectivity index (χ3n) is 5.31. The Hall–Kier alpha value is -5.97. The summed E-state index contributed by atoms with van der Waals surface area (Å²) in [6.45, 7) is 0. The van der Waals surface area contributed by atoms with Gasteiger partial charge in [0.25, 0.3) is 0 Å². The lowest BCUT2D eigenvalue weighted by Gasteiger charge is -2.24. The van der Waals surface area contributed by atoms with E-state index in [0.717, 1.165) is 0 Å². The first-order chi connectivity index (χ1) is 19.5. The van der Waals surface area contributed by atoms with Gasteiger partial charge in [0, 0.05) is 0 Å². The largest absolute Gasteiger partial charge is 0.468 e. The summed E-state index contributed by atoms with van der Waals surface area (Å²) >= 11 is 0. The van der Waals surface area contributed by atoms with E-state index in [9.17, 15) is 59.1 Å². The number of methoxy groups -OCH3 is 6. The number of carbonyl (C=O) groups excluding carboxylic acids is 6. The van der Waals surface area contributed by atoms with Crippen LogP contribution in [0, 0.1) is 30.3 Å². The Morgan fingerprint density at radius 1 is 0.452 bits per heavy atom. The number of rotatable bonds is 12. The Bertz CT molecular complexity index is 1150. The molecule has 0 atom stereocenters. The van der Waals surface area contributed by atoms with Gasteiger partial charge in [-0.25, -0.2) is 43.7 Å². The first kappa shape index (κ1) is 34.1. The van der Waals surface area contributed by atoms with Crippen molar-refractivity contribution in [2.24, 2.45) is 0 Å². The molecule has 0 amide bonds. The summed E-state index contributed by atoms with van der Waals surface area (Å²) in [6.07, 6.45) is 0. The lowest BCUT2D eigenvalue weighted by molar-refractivity contribution is -0.556. The topological polar surface area (TPSA) is 326 Å². The van der Waals surface area contributed by atoms with Crippen molar-refractivity contribution in [3.63, 3.8) is 0 Å². The highest BCUT2D eigenvalue weighted by atomic mass is 16.7. The molecule has 0 radical (unpaired) electrons. The molecule has 1 heterocycles. The Balaban J connectivity index is 4.92. The lowest BCUT2D eigenvalue weighted by atomic mass is 9.94. The molecule has 0 aromatic carbocycles. The molecule has 24 heteroatoms. The molecular formula is C18H18N6O18. The number of aromatic nitrogens is 3. The van der Waals surface area contributed by atoms with Gasteiger partial charge in [-0.2, -0.15) is 0 Å². The second-order valence-electron chi connectivity index (χ2n) is 7.16. The first-order valence-corrected chi connectivity index (χ1v) is 10.3. The van der Waals surface area contributed by atoms with Crippen molar-refractivity contribution in [1.82, 2.24) is 15.0 Å². The van der Waals surface area contributed by atoms with E-state index >= 15 is 0 Å². The van der Waals surface area contributed by atoms with Gasteiger partial charge in [0.2, 0.25) is 17.5 Å². The number of esters is 6. The molecule has 1 rings (SSSR count). The predicted octanol–water partition coefficient (Wildman–Crippen LogP) is -3.67. The number of ether oxygens (including phenoxy) is 6. The van der Waals surface area contributed by atoms with E-state index in [1.807, 2.05) is 0 Å². The molecule has 0 saturated carbocycles. The Morgan fingerprint density at radius 3 is 0.690 bits per heavy atom. The molecule has 1 aromatic heterocycles. The van der Waals surface area contributed by atoms with Gasteiger partial charge < -0.3 is 28.4 Å². The molecule has 0 spiro atoms. The van der Waals surface area contributed by atoms with Crippen molar-refractivity contribution < 1.29 is 72.0 Å². The van der Waals surface area contributed by atoms with Crippen molar-refractivity contribution in [2.75, 3.05) is 42.7 Å². The summed E-state index contributed by atoms with van der Waals surface area (Å²) in [6, 6.07) is 0. The van der Waals surface area contributed by atoms with E-state index in [-0.39, 0.29) is 0 Å². The van der Waals surface area contributed by atoms with Crippen LogP contribution in [0.15, 0.2) is 0 Å². The highest BCUT2D eigenvalue weighted by Crippen LogP contribution is 2.34. The summed E-state index contributed by atoms with van der Waals surface area (Å²) < 4.78 is 25.6. The van der Waals surface area contributed by atoms with Crippen LogP contribution in [0.3, 0.4) is 0 Å². The van der Waals surface area contributed by atoms with Crippen LogP contribution in [-0.4, -0.2) is 108 Å². The van der Waals surface area contributed by atoms with E-state index in [2.05, 4.69) is 43.4 Å². The van der Waals surface area contributed by atoms with Crippen LogP contribution in [-0.2, 0) is 73.8 Å². The zero-order valence-electron chi connectivity index (χ0n) is 22.0. The summed E-state index contributed by atoms with van der Waals surface area (Å²) in [5.41, 5.74) is -12.5. The first-order valence-electron chi connectivity index (χ1n) is 10.3. The highest BCUT2D eigenvalue weighted by molar-refractivity contribution is 6.06. The molecule has 1 aromatic rings. The van der Waals surface area contributed by atoms with E-state index in [4.69, 9.17) is 0 Å². The van der Waals surface area contributed by atoms with Crippen molar-refractivity contribution in [1.29, 1.82) is 0 Å². The molecular weight excluding hydrogens is 588 g/mol. The van der Waals surface area contributed by atoms with Gasteiger partial charge in [0.05, 0.1) is 57.4 Å². The smallest absolute Gasteiger partial charge is 0.463 e. The van der Waals surface area contributed by atoms with Gasteiger partial charge in [0.1, 0.15) is 0 Å². The second kappa shape index (κ2) is 12.5. The van der Waals surface area contributed by atoms with Gasteiger partial charge >= 0.3 is 52.4 Å². The van der Waals surface area contributed by atoms with Gasteiger partial charge in [-0.1, -0.05) is 0 Å². The number of nitrogens with zero attached hydrogens (tertiary/aromatic N) is 6. The maximum atomic E-state index is 12.7. The number of hydrogen-bond donors (Lipinski definition) is 0. The molecule has 0 bridgehead atoms. The third-order valence-corrected chi connectivity index (χ3v) is 5.31. The Morgan fingerprint density at radius 2 is 0.595 bits per heavy atom. The van der Waals surface area contributed by atoms with Gasteiger partial charge in [-0.05, 0) is 0 Å². The van der Waals surface area contributed by atoms with Crippen LogP contribution >= 0.6 is 0 Å². The average Bonchev–Trinajstić information content (AvgIpc) is 2.96. The SMILES string of the molecule is COC(=O)C(C(=O)OC)(c1nc(C(C(=O)OC)(C(=O)OC)[N+](=O)[O-])nc(C(C(=O)OC)(C(=O)OC)[N+](=O)[O-])n1)[N+](=O)[O-]. The van der Waals surface area contributed by atoms with Crippen molar-refractivity contribution >= 4 is 35.8 Å². The van der Waals surface area contributed by atoms with Crippen LogP contribution in [0.4, 0.5) is 0 Å². The van der Waals surface area contributed by atoms with Crippen LogP contribution in [0.5, 0.6) is 0 Å². The fourth-order valence-corrected chi connectivity index (χ4v) is 3.24. The maximum absolute atomic E-state index is 12.7. The fraction of sp³-hybridized carbons (Fsp3) is 0.500. The molecule has 0 unspecified atom stereocenters. The second-order valence-corrected chi connectivity index (χ2v) is 7.16. The van der Waals surface area contributed by atoms with Crippen molar-refractivity contribution in [2.45, 2.75) is 16.6 Å². The standard InChI is InChI=1S/C18H18N6O18/c1-37-10(25)16(22(31)32,11(26)38-2)7-19-8(17(23(33)34,12(27)39-3)13(28)40-4)21-9(20-7)18(24(35)36,14(29)41-5)15(30)42-6/h1-6H3. The monoisotopic (exact) mass is 606 g/mol. The van der Waals surface area contributed by atoms with Gasteiger partial charge in [-0.15, -0.1) is 0 Å². The Kier molecular flexibility index (Phi) is 10.1. The summed E-state index contributed by atoms with van der Waals surface area (Å²) in [5.74, 6) is -19.3. The van der Waals surface area contributed by atoms with Crippen molar-refractivity contribution in [3.05, 3.63) is 47.8 Å². The van der Waals surface area contributed by atoms with E-state index < -0.39 is 84.7 Å². The molecule has 0 aliphatic carbocycles. The molecule has 42 heavy (non-hydrogen) atoms. The van der Waals surface area contributed by atoms with E-state index in [1.54, 1.807) is 0 Å². The lowest BCUT2D eigenvalue weighted by Crippen LogP contribution is -2.58. The van der Waals surface area contributed by atoms with E-state index in [1.165, 1.54) is 0 Å². The zero-order valence-corrected chi connectivity index (χ0v) is 22.0. The minimum atomic E-state index is -4.17. The van der Waals surface area contributed by atoms with E-state index in [0.29, 0.717) is 42.7 Å². The normalized spacial score (nSPS) is 11.3. The molecule has 0 N–H and O–H groups in total. The number of hydrogen-bond acceptors (Lipinski definition) is 21. The molecule has 0 saturated heterocycles. The third kappa shape index (κ3) is 4.58. The van der Waals surface area contributed by atoms with Crippen LogP contribution in [0.25, 0.3) is 0 Å². The fourth-order valence-electron chi connectivity index (χ4n) is 3.24. The highest BCUT2D eigenvalue weighted by Gasteiger charge is 2.73.